The quantitative estimate of drug-likeness (QED) is 0.704. The normalized spacial score (nSPS) is 11.2. The molecule has 0 spiro atoms. The highest BCUT2D eigenvalue weighted by atomic mass is 16.5. The number of para-hydroxylation sites is 1. The molecule has 102 valence electrons. The van der Waals surface area contributed by atoms with Crippen LogP contribution in [0.2, 0.25) is 0 Å². The average molecular weight is 249 g/mol. The van der Waals surface area contributed by atoms with E-state index in [-0.39, 0.29) is 0 Å². The van der Waals surface area contributed by atoms with E-state index in [0.717, 1.165) is 18.9 Å². The molecule has 0 bridgehead atoms. The summed E-state index contributed by atoms with van der Waals surface area (Å²) < 4.78 is 5.88. The topological polar surface area (TPSA) is 21.3 Å². The van der Waals surface area contributed by atoms with Crippen molar-refractivity contribution in [3.8, 4) is 5.75 Å². The molecule has 0 saturated heterocycles. The first-order valence-corrected chi connectivity index (χ1v) is 7.14. The Hall–Kier alpha value is -1.02. The molecule has 0 aromatic heterocycles. The van der Waals surface area contributed by atoms with Crippen molar-refractivity contribution in [2.24, 2.45) is 0 Å². The van der Waals surface area contributed by atoms with Crippen molar-refractivity contribution >= 4 is 0 Å². The maximum atomic E-state index is 5.88. The van der Waals surface area contributed by atoms with Crippen LogP contribution in [-0.4, -0.2) is 19.2 Å². The van der Waals surface area contributed by atoms with Gasteiger partial charge in [-0.05, 0) is 30.4 Å². The van der Waals surface area contributed by atoms with Crippen LogP contribution in [0.1, 0.15) is 52.0 Å². The first kappa shape index (κ1) is 15.0. The molecule has 0 aliphatic rings. The van der Waals surface area contributed by atoms with Gasteiger partial charge >= 0.3 is 0 Å². The Morgan fingerprint density at radius 1 is 1.11 bits per heavy atom. The standard InChI is InChI=1S/C16H27NO/c1-5-14(6-2)17-11-12-18-16-10-8-7-9-15(16)13(3)4/h7-10,13-14,17H,5-6,11-12H2,1-4H3. The average Bonchev–Trinajstić information content (AvgIpc) is 2.39. The van der Waals surface area contributed by atoms with E-state index in [1.165, 1.54) is 18.4 Å². The van der Waals surface area contributed by atoms with Crippen LogP contribution in [0.5, 0.6) is 5.75 Å². The zero-order chi connectivity index (χ0) is 13.4. The molecule has 0 saturated carbocycles. The minimum Gasteiger partial charge on any atom is -0.492 e. The third kappa shape index (κ3) is 4.69. The van der Waals surface area contributed by atoms with Gasteiger partial charge in [-0.3, -0.25) is 0 Å². The molecule has 1 rings (SSSR count). The summed E-state index contributed by atoms with van der Waals surface area (Å²) in [6.07, 6.45) is 2.36. The van der Waals surface area contributed by atoms with Crippen molar-refractivity contribution in [3.05, 3.63) is 29.8 Å². The van der Waals surface area contributed by atoms with E-state index in [1.807, 2.05) is 6.07 Å². The molecular weight excluding hydrogens is 222 g/mol. The fraction of sp³-hybridized carbons (Fsp3) is 0.625. The van der Waals surface area contributed by atoms with Gasteiger partial charge in [-0.15, -0.1) is 0 Å². The molecule has 0 unspecified atom stereocenters. The van der Waals surface area contributed by atoms with Gasteiger partial charge < -0.3 is 10.1 Å². The number of ether oxygens (including phenoxy) is 1. The van der Waals surface area contributed by atoms with Crippen LogP contribution < -0.4 is 10.1 Å². The molecule has 0 atom stereocenters. The highest BCUT2D eigenvalue weighted by Crippen LogP contribution is 2.25. The zero-order valence-corrected chi connectivity index (χ0v) is 12.2. The first-order chi connectivity index (χ1) is 8.69. The maximum absolute atomic E-state index is 5.88. The van der Waals surface area contributed by atoms with E-state index in [2.05, 4.69) is 51.2 Å². The molecule has 0 radical (unpaired) electrons. The molecule has 1 aromatic carbocycles. The summed E-state index contributed by atoms with van der Waals surface area (Å²) in [4.78, 5) is 0. The number of rotatable bonds is 8. The summed E-state index contributed by atoms with van der Waals surface area (Å²) >= 11 is 0. The van der Waals surface area contributed by atoms with Gasteiger partial charge in [-0.25, -0.2) is 0 Å². The van der Waals surface area contributed by atoms with Crippen molar-refractivity contribution in [2.45, 2.75) is 52.5 Å². The molecule has 0 aliphatic carbocycles. The second kappa shape index (κ2) is 8.15. The first-order valence-electron chi connectivity index (χ1n) is 7.14. The second-order valence-corrected chi connectivity index (χ2v) is 5.01. The van der Waals surface area contributed by atoms with Crippen molar-refractivity contribution in [1.82, 2.24) is 5.32 Å². The van der Waals surface area contributed by atoms with Gasteiger partial charge in [0.05, 0.1) is 0 Å². The van der Waals surface area contributed by atoms with Crippen LogP contribution in [0.3, 0.4) is 0 Å². The predicted molar refractivity (Wildman–Crippen MR) is 78.4 cm³/mol. The Balaban J connectivity index is 2.39. The highest BCUT2D eigenvalue weighted by molar-refractivity contribution is 5.35. The van der Waals surface area contributed by atoms with Crippen LogP contribution in [-0.2, 0) is 0 Å². The number of hydrogen-bond acceptors (Lipinski definition) is 2. The third-order valence-corrected chi connectivity index (χ3v) is 3.32. The van der Waals surface area contributed by atoms with Gasteiger partial charge in [0.25, 0.3) is 0 Å². The molecule has 1 aromatic rings. The van der Waals surface area contributed by atoms with Gasteiger partial charge in [-0.1, -0.05) is 45.9 Å². The minimum absolute atomic E-state index is 0.508. The Kier molecular flexibility index (Phi) is 6.81. The van der Waals surface area contributed by atoms with E-state index in [9.17, 15) is 0 Å². The van der Waals surface area contributed by atoms with Crippen LogP contribution in [0.15, 0.2) is 24.3 Å². The Bertz CT molecular complexity index is 332. The van der Waals surface area contributed by atoms with Crippen molar-refractivity contribution < 1.29 is 4.74 Å². The molecule has 0 amide bonds. The van der Waals surface area contributed by atoms with Gasteiger partial charge in [-0.2, -0.15) is 0 Å². The largest absolute Gasteiger partial charge is 0.492 e. The van der Waals surface area contributed by atoms with Crippen LogP contribution >= 0.6 is 0 Å². The number of nitrogens with one attached hydrogen (secondary N) is 1. The summed E-state index contributed by atoms with van der Waals surface area (Å²) in [6.45, 7) is 10.5. The SMILES string of the molecule is CCC(CC)NCCOc1ccccc1C(C)C. The van der Waals surface area contributed by atoms with E-state index < -0.39 is 0 Å². The predicted octanol–water partition coefficient (Wildman–Crippen LogP) is 3.97. The summed E-state index contributed by atoms with van der Waals surface area (Å²) in [7, 11) is 0. The summed E-state index contributed by atoms with van der Waals surface area (Å²) in [6, 6.07) is 8.94. The molecule has 2 heteroatoms. The monoisotopic (exact) mass is 249 g/mol. The van der Waals surface area contributed by atoms with Crippen molar-refractivity contribution in [1.29, 1.82) is 0 Å². The molecule has 0 aliphatic heterocycles. The van der Waals surface area contributed by atoms with Crippen LogP contribution in [0, 0.1) is 0 Å². The van der Waals surface area contributed by atoms with Crippen LogP contribution in [0.25, 0.3) is 0 Å². The van der Waals surface area contributed by atoms with Crippen LogP contribution in [0.4, 0.5) is 0 Å². The second-order valence-electron chi connectivity index (χ2n) is 5.01. The summed E-state index contributed by atoms with van der Waals surface area (Å²) in [5.74, 6) is 1.53. The van der Waals surface area contributed by atoms with Gasteiger partial charge in [0.15, 0.2) is 0 Å². The lowest BCUT2D eigenvalue weighted by molar-refractivity contribution is 0.299. The van der Waals surface area contributed by atoms with Crippen molar-refractivity contribution in [3.63, 3.8) is 0 Å². The van der Waals surface area contributed by atoms with E-state index in [1.54, 1.807) is 0 Å². The Morgan fingerprint density at radius 2 is 1.78 bits per heavy atom. The van der Waals surface area contributed by atoms with E-state index >= 15 is 0 Å². The highest BCUT2D eigenvalue weighted by Gasteiger charge is 2.07. The Labute approximate surface area is 112 Å². The lowest BCUT2D eigenvalue weighted by Crippen LogP contribution is -2.31. The molecular formula is C16H27NO. The molecule has 18 heavy (non-hydrogen) atoms. The fourth-order valence-electron chi connectivity index (χ4n) is 2.09. The van der Waals surface area contributed by atoms with E-state index in [4.69, 9.17) is 4.74 Å². The smallest absolute Gasteiger partial charge is 0.122 e. The lowest BCUT2D eigenvalue weighted by atomic mass is 10.0. The van der Waals surface area contributed by atoms with Gasteiger partial charge in [0.2, 0.25) is 0 Å². The number of benzene rings is 1. The summed E-state index contributed by atoms with van der Waals surface area (Å²) in [5, 5.41) is 3.51. The van der Waals surface area contributed by atoms with Gasteiger partial charge in [0.1, 0.15) is 12.4 Å². The van der Waals surface area contributed by atoms with Crippen molar-refractivity contribution in [2.75, 3.05) is 13.2 Å². The molecule has 0 heterocycles. The maximum Gasteiger partial charge on any atom is 0.122 e. The van der Waals surface area contributed by atoms with E-state index in [0.29, 0.717) is 12.0 Å². The molecule has 2 nitrogen and oxygen atoms in total. The third-order valence-electron chi connectivity index (χ3n) is 3.32. The Morgan fingerprint density at radius 3 is 2.39 bits per heavy atom. The zero-order valence-electron chi connectivity index (χ0n) is 12.2. The fourth-order valence-corrected chi connectivity index (χ4v) is 2.09. The van der Waals surface area contributed by atoms with Gasteiger partial charge in [0, 0.05) is 12.6 Å². The summed E-state index contributed by atoms with van der Waals surface area (Å²) in [5.41, 5.74) is 1.29. The molecule has 1 N–H and O–H groups in total. The lowest BCUT2D eigenvalue weighted by Gasteiger charge is -2.17. The number of hydrogen-bond donors (Lipinski definition) is 1. The molecule has 0 fully saturated rings. The minimum atomic E-state index is 0.508.